The Bertz CT molecular complexity index is 662. The van der Waals surface area contributed by atoms with E-state index in [-0.39, 0.29) is 12.1 Å². The summed E-state index contributed by atoms with van der Waals surface area (Å²) >= 11 is 6.05. The van der Waals surface area contributed by atoms with Crippen molar-refractivity contribution in [3.8, 4) is 0 Å². The highest BCUT2D eigenvalue weighted by molar-refractivity contribution is 6.33. The van der Waals surface area contributed by atoms with Crippen LogP contribution in [0.1, 0.15) is 12.0 Å². The van der Waals surface area contributed by atoms with Crippen LogP contribution >= 0.6 is 11.6 Å². The van der Waals surface area contributed by atoms with Gasteiger partial charge in [-0.05, 0) is 24.1 Å². The molecule has 1 unspecified atom stereocenters. The number of anilines is 1. The maximum atomic E-state index is 12.1. The summed E-state index contributed by atoms with van der Waals surface area (Å²) in [5, 5.41) is 6.36. The number of hydrogen-bond acceptors (Lipinski definition) is 2. The standard InChI is InChI=1S/C18H20ClN3O/c19-16-8-4-5-9-17(16)21-18(23)20-15-10-11-22(13-15)12-14-6-2-1-3-7-14/h1-9,15H,10-13H2,(H2,20,21,23). The Balaban J connectivity index is 1.48. The first kappa shape index (κ1) is 15.8. The van der Waals surface area contributed by atoms with Gasteiger partial charge in [0.05, 0.1) is 10.7 Å². The highest BCUT2D eigenvalue weighted by Gasteiger charge is 2.23. The summed E-state index contributed by atoms with van der Waals surface area (Å²) in [6.45, 7) is 2.78. The maximum Gasteiger partial charge on any atom is 0.319 e. The smallest absolute Gasteiger partial charge is 0.319 e. The minimum Gasteiger partial charge on any atom is -0.334 e. The van der Waals surface area contributed by atoms with Gasteiger partial charge in [-0.1, -0.05) is 54.1 Å². The molecule has 4 nitrogen and oxygen atoms in total. The fraction of sp³-hybridized carbons (Fsp3) is 0.278. The number of urea groups is 1. The van der Waals surface area contributed by atoms with E-state index in [1.54, 1.807) is 12.1 Å². The van der Waals surface area contributed by atoms with Crippen LogP contribution in [-0.4, -0.2) is 30.1 Å². The number of halogens is 1. The summed E-state index contributed by atoms with van der Waals surface area (Å²) in [6.07, 6.45) is 0.961. The van der Waals surface area contributed by atoms with Crippen molar-refractivity contribution >= 4 is 23.3 Å². The van der Waals surface area contributed by atoms with Crippen LogP contribution in [0, 0.1) is 0 Å². The third-order valence-electron chi connectivity index (χ3n) is 3.98. The number of nitrogens with one attached hydrogen (secondary N) is 2. The predicted octanol–water partition coefficient (Wildman–Crippen LogP) is 3.74. The first-order chi connectivity index (χ1) is 11.2. The molecular weight excluding hydrogens is 310 g/mol. The summed E-state index contributed by atoms with van der Waals surface area (Å²) in [4.78, 5) is 14.4. The lowest BCUT2D eigenvalue weighted by Crippen LogP contribution is -2.39. The summed E-state index contributed by atoms with van der Waals surface area (Å²) in [5.74, 6) is 0. The van der Waals surface area contributed by atoms with Crippen LogP contribution in [0.2, 0.25) is 5.02 Å². The number of para-hydroxylation sites is 1. The molecule has 0 radical (unpaired) electrons. The number of amides is 2. The molecule has 2 N–H and O–H groups in total. The van der Waals surface area contributed by atoms with Crippen molar-refractivity contribution in [2.75, 3.05) is 18.4 Å². The molecule has 120 valence electrons. The van der Waals surface area contributed by atoms with Crippen molar-refractivity contribution in [2.24, 2.45) is 0 Å². The minimum absolute atomic E-state index is 0.168. The largest absolute Gasteiger partial charge is 0.334 e. The van der Waals surface area contributed by atoms with Gasteiger partial charge >= 0.3 is 6.03 Å². The first-order valence-corrected chi connectivity index (χ1v) is 8.17. The normalized spacial score (nSPS) is 17.9. The van der Waals surface area contributed by atoms with Crippen LogP contribution in [0.3, 0.4) is 0 Å². The van der Waals surface area contributed by atoms with Gasteiger partial charge in [-0.25, -0.2) is 4.79 Å². The molecule has 23 heavy (non-hydrogen) atoms. The molecule has 0 aromatic heterocycles. The van der Waals surface area contributed by atoms with Crippen LogP contribution in [-0.2, 0) is 6.54 Å². The molecule has 2 aromatic carbocycles. The van der Waals surface area contributed by atoms with E-state index in [1.807, 2.05) is 18.2 Å². The van der Waals surface area contributed by atoms with E-state index in [9.17, 15) is 4.79 Å². The fourth-order valence-corrected chi connectivity index (χ4v) is 3.03. The second kappa shape index (κ2) is 7.49. The molecule has 0 bridgehead atoms. The molecule has 0 spiro atoms. The number of rotatable bonds is 4. The van der Waals surface area contributed by atoms with Gasteiger partial charge in [-0.3, -0.25) is 4.90 Å². The molecule has 1 aliphatic rings. The molecule has 5 heteroatoms. The summed E-state index contributed by atoms with van der Waals surface area (Å²) in [6, 6.07) is 17.6. The Kier molecular flexibility index (Phi) is 5.16. The molecule has 3 rings (SSSR count). The van der Waals surface area contributed by atoms with Gasteiger partial charge in [0, 0.05) is 25.7 Å². The van der Waals surface area contributed by atoms with Crippen LogP contribution in [0.15, 0.2) is 54.6 Å². The summed E-state index contributed by atoms with van der Waals surface area (Å²) in [7, 11) is 0. The van der Waals surface area contributed by atoms with Crippen LogP contribution in [0.4, 0.5) is 10.5 Å². The average Bonchev–Trinajstić information content (AvgIpc) is 2.97. The highest BCUT2D eigenvalue weighted by Crippen LogP contribution is 2.20. The van der Waals surface area contributed by atoms with E-state index in [0.29, 0.717) is 10.7 Å². The van der Waals surface area contributed by atoms with Gasteiger partial charge < -0.3 is 10.6 Å². The second-order valence-electron chi connectivity index (χ2n) is 5.78. The lowest BCUT2D eigenvalue weighted by atomic mass is 10.2. The lowest BCUT2D eigenvalue weighted by Gasteiger charge is -2.17. The van der Waals surface area contributed by atoms with Gasteiger partial charge in [0.25, 0.3) is 0 Å². The number of carbonyl (C=O) groups is 1. The van der Waals surface area contributed by atoms with Crippen molar-refractivity contribution < 1.29 is 4.79 Å². The fourth-order valence-electron chi connectivity index (χ4n) is 2.84. The number of carbonyl (C=O) groups excluding carboxylic acids is 1. The molecule has 2 amide bonds. The summed E-state index contributed by atoms with van der Waals surface area (Å²) in [5.41, 5.74) is 1.93. The zero-order valence-corrected chi connectivity index (χ0v) is 13.6. The Labute approximate surface area is 141 Å². The van der Waals surface area contributed by atoms with Crippen LogP contribution < -0.4 is 10.6 Å². The van der Waals surface area contributed by atoms with E-state index >= 15 is 0 Å². The quantitative estimate of drug-likeness (QED) is 0.897. The Morgan fingerprint density at radius 3 is 2.65 bits per heavy atom. The maximum absolute atomic E-state index is 12.1. The molecular formula is C18H20ClN3O. The molecule has 1 saturated heterocycles. The predicted molar refractivity (Wildman–Crippen MR) is 93.7 cm³/mol. The van der Waals surface area contributed by atoms with Crippen molar-refractivity contribution in [3.05, 3.63) is 65.2 Å². The number of nitrogens with zero attached hydrogens (tertiary/aromatic N) is 1. The highest BCUT2D eigenvalue weighted by atomic mass is 35.5. The molecule has 1 fully saturated rings. The average molecular weight is 330 g/mol. The first-order valence-electron chi connectivity index (χ1n) is 7.79. The van der Waals surface area contributed by atoms with Crippen molar-refractivity contribution in [1.29, 1.82) is 0 Å². The van der Waals surface area contributed by atoms with E-state index in [2.05, 4.69) is 39.8 Å². The summed E-state index contributed by atoms with van der Waals surface area (Å²) < 4.78 is 0. The van der Waals surface area contributed by atoms with Gasteiger partial charge in [0.15, 0.2) is 0 Å². The lowest BCUT2D eigenvalue weighted by molar-refractivity contribution is 0.247. The van der Waals surface area contributed by atoms with Gasteiger partial charge in [-0.15, -0.1) is 0 Å². The molecule has 2 aromatic rings. The zero-order valence-electron chi connectivity index (χ0n) is 12.8. The van der Waals surface area contributed by atoms with Crippen molar-refractivity contribution in [2.45, 2.75) is 19.0 Å². The van der Waals surface area contributed by atoms with E-state index in [0.717, 1.165) is 26.1 Å². The molecule has 0 saturated carbocycles. The van der Waals surface area contributed by atoms with E-state index in [4.69, 9.17) is 11.6 Å². The molecule has 1 aliphatic heterocycles. The minimum atomic E-state index is -0.204. The Morgan fingerprint density at radius 1 is 1.13 bits per heavy atom. The third kappa shape index (κ3) is 4.47. The van der Waals surface area contributed by atoms with E-state index < -0.39 is 0 Å². The van der Waals surface area contributed by atoms with Crippen molar-refractivity contribution in [1.82, 2.24) is 10.2 Å². The zero-order chi connectivity index (χ0) is 16.1. The Hall–Kier alpha value is -2.04. The van der Waals surface area contributed by atoms with Gasteiger partial charge in [0.2, 0.25) is 0 Å². The SMILES string of the molecule is O=C(Nc1ccccc1Cl)NC1CCN(Cc2ccccc2)C1. The monoisotopic (exact) mass is 329 g/mol. The number of hydrogen-bond donors (Lipinski definition) is 2. The molecule has 1 heterocycles. The second-order valence-corrected chi connectivity index (χ2v) is 6.19. The topological polar surface area (TPSA) is 44.4 Å². The van der Waals surface area contributed by atoms with Crippen molar-refractivity contribution in [3.63, 3.8) is 0 Å². The third-order valence-corrected chi connectivity index (χ3v) is 4.31. The Morgan fingerprint density at radius 2 is 1.87 bits per heavy atom. The van der Waals surface area contributed by atoms with Crippen LogP contribution in [0.5, 0.6) is 0 Å². The molecule has 1 atom stereocenters. The van der Waals surface area contributed by atoms with E-state index in [1.165, 1.54) is 5.56 Å². The number of likely N-dealkylation sites (tertiary alicyclic amines) is 1. The molecule has 0 aliphatic carbocycles. The van der Waals surface area contributed by atoms with Gasteiger partial charge in [0.1, 0.15) is 0 Å². The van der Waals surface area contributed by atoms with Gasteiger partial charge in [-0.2, -0.15) is 0 Å². The van der Waals surface area contributed by atoms with Crippen LogP contribution in [0.25, 0.3) is 0 Å². The number of benzene rings is 2.